The lowest BCUT2D eigenvalue weighted by Gasteiger charge is -2.35. The highest BCUT2D eigenvalue weighted by Crippen LogP contribution is 2.43. The van der Waals surface area contributed by atoms with Crippen molar-refractivity contribution in [2.75, 3.05) is 0 Å². The summed E-state index contributed by atoms with van der Waals surface area (Å²) in [5.41, 5.74) is -2.74. The smallest absolute Gasteiger partial charge is 0.212 e. The summed E-state index contributed by atoms with van der Waals surface area (Å²) in [5, 5.41) is 9.51. The summed E-state index contributed by atoms with van der Waals surface area (Å²) in [5.74, 6) is -1.02. The average Bonchev–Trinajstić information content (AvgIpc) is 2.26. The molecule has 1 aliphatic carbocycles. The molecular formula is C11H12Cl2O3. The summed E-state index contributed by atoms with van der Waals surface area (Å²) in [6.07, 6.45) is 1.08. The monoisotopic (exact) mass is 262 g/mol. The number of Topliss-reactive ketones (excluding diaryl/α,β-unsaturated/α-hetero) is 2. The van der Waals surface area contributed by atoms with Crippen LogP contribution < -0.4 is 0 Å². The maximum absolute atomic E-state index is 11.8. The zero-order valence-corrected chi connectivity index (χ0v) is 10.5. The van der Waals surface area contributed by atoms with E-state index in [1.807, 2.05) is 0 Å². The van der Waals surface area contributed by atoms with Gasteiger partial charge in [-0.1, -0.05) is 29.3 Å². The minimum absolute atomic E-state index is 0.160. The van der Waals surface area contributed by atoms with Gasteiger partial charge in [-0.2, -0.15) is 0 Å². The Hall–Kier alpha value is -0.640. The number of rotatable bonds is 4. The fourth-order valence-corrected chi connectivity index (χ4v) is 1.78. The van der Waals surface area contributed by atoms with E-state index in [9.17, 15) is 14.7 Å². The summed E-state index contributed by atoms with van der Waals surface area (Å²) in [6, 6.07) is 0. The number of hydrogen-bond acceptors (Lipinski definition) is 3. The molecule has 88 valence electrons. The van der Waals surface area contributed by atoms with Crippen molar-refractivity contribution in [3.05, 3.63) is 22.7 Å². The van der Waals surface area contributed by atoms with Crippen molar-refractivity contribution < 1.29 is 14.7 Å². The molecule has 0 aromatic carbocycles. The molecule has 0 aromatic rings. The first-order chi connectivity index (χ1) is 7.16. The number of ketones is 2. The SMILES string of the molecule is C=CC(C)(C)C(=O)CC1(O)C(=O)C(Cl)=C1Cl. The van der Waals surface area contributed by atoms with Gasteiger partial charge in [-0.25, -0.2) is 0 Å². The van der Waals surface area contributed by atoms with E-state index in [2.05, 4.69) is 6.58 Å². The molecule has 0 radical (unpaired) electrons. The molecule has 16 heavy (non-hydrogen) atoms. The van der Waals surface area contributed by atoms with Crippen LogP contribution in [0.3, 0.4) is 0 Å². The van der Waals surface area contributed by atoms with E-state index in [0.29, 0.717) is 0 Å². The number of halogens is 2. The standard InChI is InChI=1S/C11H12Cl2O3/c1-4-10(2,3)6(14)5-11(16)8(13)7(12)9(11)15/h4,16H,1,5H2,2-3H3. The fourth-order valence-electron chi connectivity index (χ4n) is 1.23. The quantitative estimate of drug-likeness (QED) is 0.791. The Morgan fingerprint density at radius 1 is 1.56 bits per heavy atom. The van der Waals surface area contributed by atoms with E-state index in [1.165, 1.54) is 6.08 Å². The maximum Gasteiger partial charge on any atom is 0.212 e. The minimum Gasteiger partial charge on any atom is -0.375 e. The van der Waals surface area contributed by atoms with Crippen molar-refractivity contribution in [2.45, 2.75) is 25.9 Å². The van der Waals surface area contributed by atoms with Gasteiger partial charge in [0.15, 0.2) is 5.60 Å². The van der Waals surface area contributed by atoms with Crippen LogP contribution in [-0.4, -0.2) is 22.3 Å². The Bertz CT molecular complexity index is 409. The lowest BCUT2D eigenvalue weighted by molar-refractivity contribution is -0.140. The largest absolute Gasteiger partial charge is 0.375 e. The van der Waals surface area contributed by atoms with Gasteiger partial charge in [0.2, 0.25) is 5.78 Å². The zero-order valence-electron chi connectivity index (χ0n) is 9.01. The molecule has 0 saturated heterocycles. The van der Waals surface area contributed by atoms with E-state index in [-0.39, 0.29) is 22.3 Å². The molecule has 0 aromatic heterocycles. The third-order valence-corrected chi connectivity index (χ3v) is 3.74. The second kappa shape index (κ2) is 3.99. The van der Waals surface area contributed by atoms with E-state index < -0.39 is 16.8 Å². The molecule has 1 aliphatic rings. The number of allylic oxidation sites excluding steroid dienone is 1. The summed E-state index contributed by atoms with van der Waals surface area (Å²) < 4.78 is 0. The summed E-state index contributed by atoms with van der Waals surface area (Å²) in [4.78, 5) is 23.1. The van der Waals surface area contributed by atoms with Gasteiger partial charge in [0.1, 0.15) is 10.8 Å². The molecule has 1 N–H and O–H groups in total. The van der Waals surface area contributed by atoms with Crippen molar-refractivity contribution in [2.24, 2.45) is 5.41 Å². The van der Waals surface area contributed by atoms with Crippen molar-refractivity contribution in [3.63, 3.8) is 0 Å². The van der Waals surface area contributed by atoms with Crippen LogP contribution in [0.5, 0.6) is 0 Å². The van der Waals surface area contributed by atoms with E-state index in [0.717, 1.165) is 0 Å². The van der Waals surface area contributed by atoms with Crippen LogP contribution in [0.4, 0.5) is 0 Å². The number of aliphatic hydroxyl groups is 1. The Kier molecular flexibility index (Phi) is 3.34. The first-order valence-electron chi connectivity index (χ1n) is 4.66. The van der Waals surface area contributed by atoms with Crippen LogP contribution in [-0.2, 0) is 9.59 Å². The van der Waals surface area contributed by atoms with Crippen molar-refractivity contribution in [3.8, 4) is 0 Å². The first kappa shape index (κ1) is 13.4. The Morgan fingerprint density at radius 3 is 2.44 bits per heavy atom. The van der Waals surface area contributed by atoms with Gasteiger partial charge >= 0.3 is 0 Å². The van der Waals surface area contributed by atoms with Gasteiger partial charge in [-0.15, -0.1) is 6.58 Å². The van der Waals surface area contributed by atoms with Gasteiger partial charge in [0.05, 0.1) is 5.03 Å². The third kappa shape index (κ3) is 1.83. The van der Waals surface area contributed by atoms with Crippen molar-refractivity contribution in [1.29, 1.82) is 0 Å². The number of hydrogen-bond donors (Lipinski definition) is 1. The Balaban J connectivity index is 2.90. The molecule has 0 heterocycles. The van der Waals surface area contributed by atoms with Crippen molar-refractivity contribution >= 4 is 34.8 Å². The van der Waals surface area contributed by atoms with Gasteiger partial charge in [-0.05, 0) is 13.8 Å². The first-order valence-corrected chi connectivity index (χ1v) is 5.42. The predicted molar refractivity (Wildman–Crippen MR) is 62.3 cm³/mol. The number of carbonyl (C=O) groups excluding carboxylic acids is 2. The van der Waals surface area contributed by atoms with Crippen molar-refractivity contribution in [1.82, 2.24) is 0 Å². The Labute approximate surface area is 104 Å². The molecule has 0 amide bonds. The van der Waals surface area contributed by atoms with Crippen LogP contribution >= 0.6 is 23.2 Å². The predicted octanol–water partition coefficient (Wildman–Crippen LogP) is 2.16. The van der Waals surface area contributed by atoms with Crippen LogP contribution in [0.1, 0.15) is 20.3 Å². The van der Waals surface area contributed by atoms with Gasteiger partial charge in [0, 0.05) is 11.8 Å². The highest BCUT2D eigenvalue weighted by molar-refractivity contribution is 6.56. The van der Waals surface area contributed by atoms with Crippen LogP contribution in [0.25, 0.3) is 0 Å². The molecule has 0 fully saturated rings. The molecule has 5 heteroatoms. The maximum atomic E-state index is 11.8. The molecule has 0 aliphatic heterocycles. The molecular weight excluding hydrogens is 251 g/mol. The summed E-state index contributed by atoms with van der Waals surface area (Å²) >= 11 is 11.1. The van der Waals surface area contributed by atoms with Gasteiger partial charge < -0.3 is 5.11 Å². The second-order valence-corrected chi connectivity index (χ2v) is 5.10. The van der Waals surface area contributed by atoms with E-state index in [1.54, 1.807) is 13.8 Å². The molecule has 1 atom stereocenters. The van der Waals surface area contributed by atoms with Crippen LogP contribution in [0.15, 0.2) is 22.7 Å². The lowest BCUT2D eigenvalue weighted by atomic mass is 9.76. The van der Waals surface area contributed by atoms with Crippen LogP contribution in [0, 0.1) is 5.41 Å². The topological polar surface area (TPSA) is 54.4 Å². The normalized spacial score (nSPS) is 25.4. The number of carbonyl (C=O) groups is 2. The lowest BCUT2D eigenvalue weighted by Crippen LogP contribution is -2.50. The summed E-state index contributed by atoms with van der Waals surface area (Å²) in [6.45, 7) is 6.82. The zero-order chi connectivity index (χ0) is 12.7. The molecule has 1 rings (SSSR count). The highest BCUT2D eigenvalue weighted by atomic mass is 35.5. The van der Waals surface area contributed by atoms with Gasteiger partial charge in [0.25, 0.3) is 0 Å². The van der Waals surface area contributed by atoms with Gasteiger partial charge in [-0.3, -0.25) is 9.59 Å². The van der Waals surface area contributed by atoms with E-state index in [4.69, 9.17) is 23.2 Å². The molecule has 0 saturated carbocycles. The molecule has 3 nitrogen and oxygen atoms in total. The molecule has 1 unspecified atom stereocenters. The summed E-state index contributed by atoms with van der Waals surface area (Å²) in [7, 11) is 0. The van der Waals surface area contributed by atoms with Crippen LogP contribution in [0.2, 0.25) is 0 Å². The Morgan fingerprint density at radius 2 is 2.06 bits per heavy atom. The highest BCUT2D eigenvalue weighted by Gasteiger charge is 2.53. The fraction of sp³-hybridized carbons (Fsp3) is 0.455. The molecule has 0 spiro atoms. The second-order valence-electron chi connectivity index (χ2n) is 4.34. The minimum atomic E-state index is -1.93. The molecule has 0 bridgehead atoms. The van der Waals surface area contributed by atoms with E-state index >= 15 is 0 Å². The third-order valence-electron chi connectivity index (χ3n) is 2.78. The average molecular weight is 263 g/mol.